The van der Waals surface area contributed by atoms with E-state index in [1.54, 1.807) is 0 Å². The topological polar surface area (TPSA) is 78.7 Å². The summed E-state index contributed by atoms with van der Waals surface area (Å²) >= 11 is 8.80. The van der Waals surface area contributed by atoms with Gasteiger partial charge in [0.25, 0.3) is 5.91 Å². The Kier molecular flexibility index (Phi) is 6.48. The predicted molar refractivity (Wildman–Crippen MR) is 131 cm³/mol. The predicted octanol–water partition coefficient (Wildman–Crippen LogP) is 5.63. The Balaban J connectivity index is 1.52. The van der Waals surface area contributed by atoms with Gasteiger partial charge in [0.1, 0.15) is 5.76 Å². The zero-order valence-corrected chi connectivity index (χ0v) is 19.3. The molecule has 0 saturated heterocycles. The summed E-state index contributed by atoms with van der Waals surface area (Å²) in [6.07, 6.45) is 2.44. The summed E-state index contributed by atoms with van der Waals surface area (Å²) in [5.74, 6) is 0.802. The van der Waals surface area contributed by atoms with Crippen LogP contribution in [0.4, 0.5) is 11.4 Å². The number of thiocarbonyl (C=S) groups is 1. The fraction of sp³-hybridized carbons (Fsp3) is 0.174. The molecular weight excluding hydrogens is 476 g/mol. The summed E-state index contributed by atoms with van der Waals surface area (Å²) in [5, 5.41) is 10.9. The van der Waals surface area contributed by atoms with Crippen LogP contribution in [0.5, 0.6) is 0 Å². The Morgan fingerprint density at radius 2 is 1.81 bits per heavy atom. The van der Waals surface area contributed by atoms with Crippen LogP contribution in [0.3, 0.4) is 0 Å². The molecule has 1 aromatic heterocycles. The zero-order chi connectivity index (χ0) is 21.8. The van der Waals surface area contributed by atoms with Gasteiger partial charge < -0.3 is 15.1 Å². The molecule has 3 aromatic rings. The Labute approximate surface area is 194 Å². The molecule has 1 amide bonds. The standard InChI is InChI=1S/C23H21BrN4O2S/c1-14-20-18(27-28-23(31)25-15-8-3-2-4-9-15)12-7-13-19(20)30-21(14)22(29)26-17-11-6-5-10-16(17)24/h2-6,8-11H,7,12-13H2,1H3,(H,26,29)(H2,25,28,31)/b27-18+. The van der Waals surface area contributed by atoms with Crippen molar-refractivity contribution >= 4 is 56.3 Å². The van der Waals surface area contributed by atoms with Crippen molar-refractivity contribution in [3.05, 3.63) is 81.7 Å². The lowest BCUT2D eigenvalue weighted by Crippen LogP contribution is -2.26. The van der Waals surface area contributed by atoms with Crippen LogP contribution in [0.2, 0.25) is 0 Å². The molecule has 158 valence electrons. The number of nitrogens with one attached hydrogen (secondary N) is 3. The molecule has 1 aliphatic carbocycles. The molecular formula is C23H21BrN4O2S. The molecule has 1 heterocycles. The number of fused-ring (bicyclic) bond motifs is 1. The summed E-state index contributed by atoms with van der Waals surface area (Å²) in [4.78, 5) is 12.9. The summed E-state index contributed by atoms with van der Waals surface area (Å²) in [5.41, 5.74) is 6.99. The number of anilines is 2. The molecule has 4 rings (SSSR count). The van der Waals surface area contributed by atoms with E-state index in [-0.39, 0.29) is 5.91 Å². The van der Waals surface area contributed by atoms with Crippen molar-refractivity contribution in [3.8, 4) is 0 Å². The van der Waals surface area contributed by atoms with Crippen LogP contribution >= 0.6 is 28.1 Å². The number of rotatable bonds is 4. The van der Waals surface area contributed by atoms with Crippen LogP contribution in [-0.4, -0.2) is 16.7 Å². The number of aryl methyl sites for hydroxylation is 1. The maximum absolute atomic E-state index is 12.9. The Morgan fingerprint density at radius 3 is 2.58 bits per heavy atom. The van der Waals surface area contributed by atoms with Crippen molar-refractivity contribution < 1.29 is 9.21 Å². The number of benzene rings is 2. The lowest BCUT2D eigenvalue weighted by atomic mass is 9.93. The van der Waals surface area contributed by atoms with Crippen molar-refractivity contribution in [1.82, 2.24) is 5.43 Å². The molecule has 0 unspecified atom stereocenters. The SMILES string of the molecule is Cc1c(C(=O)Nc2ccccc2Br)oc2c1/C(=N/NC(=S)Nc1ccccc1)CCC2. The van der Waals surface area contributed by atoms with Gasteiger partial charge in [0.2, 0.25) is 0 Å². The van der Waals surface area contributed by atoms with E-state index in [9.17, 15) is 4.79 Å². The van der Waals surface area contributed by atoms with Crippen LogP contribution in [0.1, 0.15) is 40.3 Å². The highest BCUT2D eigenvalue weighted by Gasteiger charge is 2.28. The van der Waals surface area contributed by atoms with Gasteiger partial charge in [0, 0.05) is 27.7 Å². The minimum Gasteiger partial charge on any atom is -0.455 e. The second-order valence-electron chi connectivity index (χ2n) is 7.13. The molecule has 0 bridgehead atoms. The highest BCUT2D eigenvalue weighted by atomic mass is 79.9. The summed E-state index contributed by atoms with van der Waals surface area (Å²) in [7, 11) is 0. The molecule has 1 aliphatic rings. The van der Waals surface area contributed by atoms with Crippen LogP contribution in [0.25, 0.3) is 0 Å². The molecule has 0 radical (unpaired) electrons. The fourth-order valence-corrected chi connectivity index (χ4v) is 4.08. The molecule has 0 spiro atoms. The fourth-order valence-electron chi connectivity index (χ4n) is 3.54. The molecule has 0 aliphatic heterocycles. The quantitative estimate of drug-likeness (QED) is 0.322. The van der Waals surface area contributed by atoms with Gasteiger partial charge in [-0.2, -0.15) is 5.10 Å². The summed E-state index contributed by atoms with van der Waals surface area (Å²) < 4.78 is 6.77. The van der Waals surface area contributed by atoms with Crippen LogP contribution in [0, 0.1) is 6.92 Å². The molecule has 0 fully saturated rings. The number of hydrogen-bond acceptors (Lipinski definition) is 4. The summed E-state index contributed by atoms with van der Waals surface area (Å²) in [6, 6.07) is 17.1. The van der Waals surface area contributed by atoms with Crippen molar-refractivity contribution in [2.75, 3.05) is 10.6 Å². The third-order valence-electron chi connectivity index (χ3n) is 4.98. The number of nitrogens with zero attached hydrogens (tertiary/aromatic N) is 1. The molecule has 31 heavy (non-hydrogen) atoms. The smallest absolute Gasteiger partial charge is 0.291 e. The van der Waals surface area contributed by atoms with Gasteiger partial charge in [-0.1, -0.05) is 30.3 Å². The number of hydrogen-bond donors (Lipinski definition) is 3. The number of hydrazone groups is 1. The Morgan fingerprint density at radius 1 is 1.06 bits per heavy atom. The van der Waals surface area contributed by atoms with Gasteiger partial charge in [-0.05, 0) is 72.2 Å². The van der Waals surface area contributed by atoms with Gasteiger partial charge in [0.05, 0.1) is 11.4 Å². The van der Waals surface area contributed by atoms with E-state index >= 15 is 0 Å². The Bertz CT molecular complexity index is 1160. The van der Waals surface area contributed by atoms with E-state index in [4.69, 9.17) is 16.6 Å². The van der Waals surface area contributed by atoms with E-state index in [1.807, 2.05) is 61.5 Å². The lowest BCUT2D eigenvalue weighted by Gasteiger charge is -2.14. The third kappa shape index (κ3) is 4.86. The molecule has 6 nitrogen and oxygen atoms in total. The Hall–Kier alpha value is -2.97. The first-order chi connectivity index (χ1) is 15.0. The summed E-state index contributed by atoms with van der Waals surface area (Å²) in [6.45, 7) is 1.89. The number of halogens is 1. The van der Waals surface area contributed by atoms with Crippen LogP contribution in [-0.2, 0) is 6.42 Å². The number of carbonyl (C=O) groups excluding carboxylic acids is 1. The zero-order valence-electron chi connectivity index (χ0n) is 16.9. The van der Waals surface area contributed by atoms with Gasteiger partial charge in [-0.15, -0.1) is 0 Å². The van der Waals surface area contributed by atoms with Crippen molar-refractivity contribution in [2.45, 2.75) is 26.2 Å². The minimum absolute atomic E-state index is 0.285. The molecule has 2 aromatic carbocycles. The van der Waals surface area contributed by atoms with Crippen LogP contribution in [0.15, 0.2) is 68.6 Å². The van der Waals surface area contributed by atoms with E-state index < -0.39 is 0 Å². The maximum atomic E-state index is 12.9. The maximum Gasteiger partial charge on any atom is 0.291 e. The van der Waals surface area contributed by atoms with Crippen molar-refractivity contribution in [1.29, 1.82) is 0 Å². The minimum atomic E-state index is -0.285. The highest BCUT2D eigenvalue weighted by Crippen LogP contribution is 2.31. The van der Waals surface area contributed by atoms with E-state index in [0.717, 1.165) is 52.0 Å². The van der Waals surface area contributed by atoms with Gasteiger partial charge in [-0.3, -0.25) is 10.2 Å². The van der Waals surface area contributed by atoms with Crippen molar-refractivity contribution in [2.24, 2.45) is 5.10 Å². The number of carbonyl (C=O) groups is 1. The first-order valence-corrected chi connectivity index (χ1v) is 11.1. The number of furan rings is 1. The van der Waals surface area contributed by atoms with Gasteiger partial charge in [-0.25, -0.2) is 0 Å². The largest absolute Gasteiger partial charge is 0.455 e. The normalized spacial score (nSPS) is 14.1. The molecule has 0 saturated carbocycles. The van der Waals surface area contributed by atoms with Crippen LogP contribution < -0.4 is 16.1 Å². The van der Waals surface area contributed by atoms with Gasteiger partial charge in [0.15, 0.2) is 10.9 Å². The first kappa shape index (κ1) is 21.3. The van der Waals surface area contributed by atoms with Gasteiger partial charge >= 0.3 is 0 Å². The van der Waals surface area contributed by atoms with E-state index in [0.29, 0.717) is 16.6 Å². The molecule has 0 atom stereocenters. The second-order valence-corrected chi connectivity index (χ2v) is 8.39. The molecule has 8 heteroatoms. The lowest BCUT2D eigenvalue weighted by molar-refractivity contribution is 0.0994. The average Bonchev–Trinajstić information content (AvgIpc) is 3.12. The second kappa shape index (κ2) is 9.45. The highest BCUT2D eigenvalue weighted by molar-refractivity contribution is 9.10. The first-order valence-electron chi connectivity index (χ1n) is 9.90. The van der Waals surface area contributed by atoms with E-state index in [1.165, 1.54) is 0 Å². The molecule has 3 N–H and O–H groups in total. The van der Waals surface area contributed by atoms with E-state index in [2.05, 4.69) is 37.1 Å². The van der Waals surface area contributed by atoms with Crippen molar-refractivity contribution in [3.63, 3.8) is 0 Å². The number of para-hydroxylation sites is 2. The third-order valence-corrected chi connectivity index (χ3v) is 5.86. The average molecular weight is 497 g/mol. The monoisotopic (exact) mass is 496 g/mol. The number of amides is 1.